The van der Waals surface area contributed by atoms with Gasteiger partial charge in [0.25, 0.3) is 0 Å². The van der Waals surface area contributed by atoms with E-state index in [-0.39, 0.29) is 0 Å². The van der Waals surface area contributed by atoms with E-state index in [1.54, 1.807) is 0 Å². The molecule has 0 N–H and O–H groups in total. The van der Waals surface area contributed by atoms with Gasteiger partial charge < -0.3 is 4.90 Å². The van der Waals surface area contributed by atoms with Crippen LogP contribution < -0.4 is 0 Å². The van der Waals surface area contributed by atoms with Gasteiger partial charge in [0, 0.05) is 28.8 Å². The van der Waals surface area contributed by atoms with Crippen molar-refractivity contribution < 1.29 is 0 Å². The van der Waals surface area contributed by atoms with E-state index in [1.165, 1.54) is 15.6 Å². The summed E-state index contributed by atoms with van der Waals surface area (Å²) in [4.78, 5) is 2.37. The van der Waals surface area contributed by atoms with E-state index in [0.29, 0.717) is 5.92 Å². The molecule has 0 spiro atoms. The molecule has 1 atom stereocenters. The van der Waals surface area contributed by atoms with E-state index in [9.17, 15) is 0 Å². The molecule has 0 saturated heterocycles. The second-order valence-electron chi connectivity index (χ2n) is 5.05. The minimum Gasteiger partial charge on any atom is -0.301 e. The molecule has 20 heavy (non-hydrogen) atoms. The molecule has 3 heteroatoms. The van der Waals surface area contributed by atoms with Gasteiger partial charge in [-0.2, -0.15) is 0 Å². The number of halogens is 2. The van der Waals surface area contributed by atoms with Gasteiger partial charge in [0.05, 0.1) is 0 Å². The van der Waals surface area contributed by atoms with Crippen LogP contribution in [0.1, 0.15) is 17.0 Å². The second-order valence-corrected chi connectivity index (χ2v) is 6.55. The Bertz CT molecular complexity index is 528. The SMILES string of the molecule is CN(Cc1ccccc1Br)CC(CBr)c1ccccc1. The fourth-order valence-corrected chi connectivity index (χ4v) is 3.32. The summed E-state index contributed by atoms with van der Waals surface area (Å²) in [6, 6.07) is 19.1. The highest BCUT2D eigenvalue weighted by molar-refractivity contribution is 9.10. The molecule has 0 aromatic heterocycles. The Kier molecular flexibility index (Phi) is 6.27. The van der Waals surface area contributed by atoms with Crippen molar-refractivity contribution in [1.29, 1.82) is 0 Å². The Morgan fingerprint density at radius 2 is 1.65 bits per heavy atom. The van der Waals surface area contributed by atoms with E-state index >= 15 is 0 Å². The Hall–Kier alpha value is -0.640. The molecule has 2 aromatic carbocycles. The maximum absolute atomic E-state index is 3.65. The summed E-state index contributed by atoms with van der Waals surface area (Å²) in [6.45, 7) is 1.99. The number of nitrogens with zero attached hydrogens (tertiary/aromatic N) is 1. The summed E-state index contributed by atoms with van der Waals surface area (Å²) in [5.41, 5.74) is 2.72. The van der Waals surface area contributed by atoms with Gasteiger partial charge in [-0.05, 0) is 24.2 Å². The molecule has 0 aliphatic rings. The second kappa shape index (κ2) is 7.96. The smallest absolute Gasteiger partial charge is 0.0242 e. The summed E-state index contributed by atoms with van der Waals surface area (Å²) in [5, 5.41) is 0.983. The minimum absolute atomic E-state index is 0.517. The highest BCUT2D eigenvalue weighted by atomic mass is 79.9. The van der Waals surface area contributed by atoms with Gasteiger partial charge in [-0.15, -0.1) is 0 Å². The molecule has 1 nitrogen and oxygen atoms in total. The number of benzene rings is 2. The van der Waals surface area contributed by atoms with E-state index in [0.717, 1.165) is 18.4 Å². The van der Waals surface area contributed by atoms with Crippen LogP contribution in [-0.4, -0.2) is 23.8 Å². The van der Waals surface area contributed by atoms with E-state index in [1.807, 2.05) is 0 Å². The van der Waals surface area contributed by atoms with Crippen molar-refractivity contribution >= 4 is 31.9 Å². The third kappa shape index (κ3) is 4.44. The van der Waals surface area contributed by atoms with Gasteiger partial charge in [0.1, 0.15) is 0 Å². The van der Waals surface area contributed by atoms with Gasteiger partial charge in [-0.1, -0.05) is 80.4 Å². The van der Waals surface area contributed by atoms with E-state index in [2.05, 4.69) is 98.4 Å². The summed E-state index contributed by atoms with van der Waals surface area (Å²) in [6.07, 6.45) is 0. The predicted molar refractivity (Wildman–Crippen MR) is 93.5 cm³/mol. The molecule has 0 amide bonds. The van der Waals surface area contributed by atoms with Gasteiger partial charge in [-0.3, -0.25) is 0 Å². The molecule has 2 aromatic rings. The minimum atomic E-state index is 0.517. The molecule has 0 aliphatic carbocycles. The van der Waals surface area contributed by atoms with Crippen molar-refractivity contribution in [2.24, 2.45) is 0 Å². The number of hydrogen-bond donors (Lipinski definition) is 0. The first-order chi connectivity index (χ1) is 9.70. The number of hydrogen-bond acceptors (Lipinski definition) is 1. The number of alkyl halides is 1. The van der Waals surface area contributed by atoms with Crippen molar-refractivity contribution in [3.63, 3.8) is 0 Å². The maximum atomic E-state index is 3.65. The number of rotatable bonds is 6. The van der Waals surface area contributed by atoms with Crippen molar-refractivity contribution in [3.05, 3.63) is 70.2 Å². The largest absolute Gasteiger partial charge is 0.301 e. The van der Waals surface area contributed by atoms with Crippen LogP contribution in [0.4, 0.5) is 0 Å². The van der Waals surface area contributed by atoms with Crippen molar-refractivity contribution in [3.8, 4) is 0 Å². The zero-order valence-electron chi connectivity index (χ0n) is 11.6. The molecule has 1 unspecified atom stereocenters. The van der Waals surface area contributed by atoms with Crippen LogP contribution in [0.3, 0.4) is 0 Å². The average Bonchev–Trinajstić information content (AvgIpc) is 2.48. The number of likely N-dealkylation sites (N-methyl/N-ethyl adjacent to an activating group) is 1. The Morgan fingerprint density at radius 3 is 2.30 bits per heavy atom. The molecule has 0 heterocycles. The lowest BCUT2D eigenvalue weighted by Crippen LogP contribution is -2.25. The molecule has 2 rings (SSSR count). The van der Waals surface area contributed by atoms with E-state index < -0.39 is 0 Å². The Labute approximate surface area is 138 Å². The fraction of sp³-hybridized carbons (Fsp3) is 0.294. The van der Waals surface area contributed by atoms with Crippen molar-refractivity contribution in [2.75, 3.05) is 18.9 Å². The van der Waals surface area contributed by atoms with Gasteiger partial charge >= 0.3 is 0 Å². The highest BCUT2D eigenvalue weighted by Gasteiger charge is 2.13. The predicted octanol–water partition coefficient (Wildman–Crippen LogP) is 5.06. The zero-order valence-corrected chi connectivity index (χ0v) is 14.8. The molecule has 0 saturated carbocycles. The average molecular weight is 397 g/mol. The van der Waals surface area contributed by atoms with E-state index in [4.69, 9.17) is 0 Å². The van der Waals surface area contributed by atoms with Crippen LogP contribution in [-0.2, 0) is 6.54 Å². The summed E-state index contributed by atoms with van der Waals surface area (Å²) in [5.74, 6) is 0.517. The summed E-state index contributed by atoms with van der Waals surface area (Å²) < 4.78 is 1.18. The molecular formula is C17H19Br2N. The molecule has 0 bridgehead atoms. The van der Waals surface area contributed by atoms with Crippen molar-refractivity contribution in [1.82, 2.24) is 4.90 Å². The van der Waals surface area contributed by atoms with Gasteiger partial charge in [0.2, 0.25) is 0 Å². The first kappa shape index (κ1) is 15.7. The molecule has 0 radical (unpaired) electrons. The lowest BCUT2D eigenvalue weighted by Gasteiger charge is -2.23. The summed E-state index contributed by atoms with van der Waals surface area (Å²) in [7, 11) is 2.18. The lowest BCUT2D eigenvalue weighted by atomic mass is 10.0. The quantitative estimate of drug-likeness (QED) is 0.616. The van der Waals surface area contributed by atoms with Gasteiger partial charge in [0.15, 0.2) is 0 Å². The molecule has 0 fully saturated rings. The van der Waals surface area contributed by atoms with Crippen LogP contribution in [0.5, 0.6) is 0 Å². The normalized spacial score (nSPS) is 12.6. The van der Waals surface area contributed by atoms with Crippen molar-refractivity contribution in [2.45, 2.75) is 12.5 Å². The third-order valence-electron chi connectivity index (χ3n) is 3.39. The van der Waals surface area contributed by atoms with Gasteiger partial charge in [-0.25, -0.2) is 0 Å². The topological polar surface area (TPSA) is 3.24 Å². The summed E-state index contributed by atoms with van der Waals surface area (Å²) >= 11 is 7.26. The van der Waals surface area contributed by atoms with Crippen LogP contribution >= 0.6 is 31.9 Å². The standard InChI is InChI=1S/C17H19Br2N/c1-20(12-15-9-5-6-10-17(15)19)13-16(11-18)14-7-3-2-4-8-14/h2-10,16H,11-13H2,1H3. The van der Waals surface area contributed by atoms with Crippen LogP contribution in [0.2, 0.25) is 0 Å². The lowest BCUT2D eigenvalue weighted by molar-refractivity contribution is 0.311. The zero-order chi connectivity index (χ0) is 14.4. The van der Waals surface area contributed by atoms with Crippen LogP contribution in [0.25, 0.3) is 0 Å². The first-order valence-electron chi connectivity index (χ1n) is 6.73. The van der Waals surface area contributed by atoms with Crippen LogP contribution in [0.15, 0.2) is 59.1 Å². The first-order valence-corrected chi connectivity index (χ1v) is 8.65. The highest BCUT2D eigenvalue weighted by Crippen LogP contribution is 2.22. The molecule has 0 aliphatic heterocycles. The van der Waals surface area contributed by atoms with Crippen LogP contribution in [0, 0.1) is 0 Å². The Morgan fingerprint density at radius 1 is 1.00 bits per heavy atom. The maximum Gasteiger partial charge on any atom is 0.0242 e. The Balaban J connectivity index is 2.00. The molecule has 106 valence electrons. The fourth-order valence-electron chi connectivity index (χ4n) is 2.33. The molecular weight excluding hydrogens is 378 g/mol. The third-order valence-corrected chi connectivity index (χ3v) is 4.94. The monoisotopic (exact) mass is 395 g/mol.